The Bertz CT molecular complexity index is 400. The zero-order valence-electron chi connectivity index (χ0n) is 10.7. The maximum Gasteiger partial charge on any atom is 0.130 e. The largest absolute Gasteiger partial charge is 0.257 e. The van der Waals surface area contributed by atoms with Crippen LogP contribution in [0.4, 0.5) is 0 Å². The Morgan fingerprint density at radius 3 is 2.71 bits per heavy atom. The summed E-state index contributed by atoms with van der Waals surface area (Å²) in [5.74, 6) is 1.33. The molecule has 2 nitrogen and oxygen atoms in total. The first kappa shape index (κ1) is 13.2. The Morgan fingerprint density at radius 1 is 1.41 bits per heavy atom. The molecule has 1 aromatic heterocycles. The molecule has 0 aliphatic heterocycles. The van der Waals surface area contributed by atoms with Gasteiger partial charge in [0.25, 0.3) is 0 Å². The highest BCUT2D eigenvalue weighted by Crippen LogP contribution is 2.36. The van der Waals surface area contributed by atoms with Gasteiger partial charge in [-0.25, -0.2) is 0 Å². The number of hydrogen-bond donors (Lipinski definition) is 0. The zero-order chi connectivity index (χ0) is 12.6. The van der Waals surface area contributed by atoms with Gasteiger partial charge in [0.2, 0.25) is 0 Å². The molecule has 96 valence electrons. The van der Waals surface area contributed by atoms with E-state index in [-0.39, 0.29) is 0 Å². The average molecular weight is 275 g/mol. The molecule has 2 rings (SSSR count). The molecule has 3 atom stereocenters. The Kier molecular flexibility index (Phi) is 4.04. The molecule has 0 aromatic carbocycles. The van der Waals surface area contributed by atoms with Gasteiger partial charge in [-0.3, -0.25) is 4.68 Å². The predicted octanol–water partition coefficient (Wildman–Crippen LogP) is 3.97. The lowest BCUT2D eigenvalue weighted by Gasteiger charge is -2.31. The molecule has 17 heavy (non-hydrogen) atoms. The van der Waals surface area contributed by atoms with Crippen molar-refractivity contribution in [2.75, 3.05) is 0 Å². The first-order chi connectivity index (χ1) is 7.99. The Morgan fingerprint density at radius 2 is 2.12 bits per heavy atom. The minimum Gasteiger partial charge on any atom is -0.257 e. The van der Waals surface area contributed by atoms with Crippen LogP contribution in [0.15, 0.2) is 0 Å². The number of rotatable bonds is 2. The second-order valence-electron chi connectivity index (χ2n) is 5.38. The Balaban J connectivity index is 2.14. The Hall–Kier alpha value is -0.210. The fraction of sp³-hybridized carbons (Fsp3) is 0.769. The van der Waals surface area contributed by atoms with Crippen LogP contribution < -0.4 is 0 Å². The average Bonchev–Trinajstić information content (AvgIpc) is 2.50. The van der Waals surface area contributed by atoms with E-state index in [4.69, 9.17) is 23.2 Å². The van der Waals surface area contributed by atoms with E-state index in [1.807, 2.05) is 14.0 Å². The van der Waals surface area contributed by atoms with E-state index in [0.29, 0.717) is 11.3 Å². The first-order valence-electron chi connectivity index (χ1n) is 6.31. The van der Waals surface area contributed by atoms with Gasteiger partial charge in [-0.05, 0) is 44.4 Å². The van der Waals surface area contributed by atoms with Gasteiger partial charge in [0.1, 0.15) is 5.15 Å². The van der Waals surface area contributed by atoms with Crippen molar-refractivity contribution < 1.29 is 0 Å². The summed E-state index contributed by atoms with van der Waals surface area (Å²) in [4.78, 5) is 0. The van der Waals surface area contributed by atoms with Crippen molar-refractivity contribution in [3.8, 4) is 0 Å². The van der Waals surface area contributed by atoms with Gasteiger partial charge in [0.05, 0.1) is 5.69 Å². The quantitative estimate of drug-likeness (QED) is 0.747. The minimum absolute atomic E-state index is 0.293. The lowest BCUT2D eigenvalue weighted by molar-refractivity contribution is 0.287. The highest BCUT2D eigenvalue weighted by atomic mass is 35.5. The lowest BCUT2D eigenvalue weighted by atomic mass is 9.79. The van der Waals surface area contributed by atoms with Crippen LogP contribution in [0.25, 0.3) is 0 Å². The number of nitrogens with zero attached hydrogens (tertiary/aromatic N) is 2. The van der Waals surface area contributed by atoms with Crippen molar-refractivity contribution in [2.45, 2.75) is 44.9 Å². The van der Waals surface area contributed by atoms with Gasteiger partial charge in [-0.15, -0.1) is 11.6 Å². The van der Waals surface area contributed by atoms with Crippen LogP contribution in [0, 0.1) is 18.8 Å². The molecule has 1 fully saturated rings. The third kappa shape index (κ3) is 2.79. The van der Waals surface area contributed by atoms with Crippen LogP contribution in [-0.2, 0) is 13.5 Å². The summed E-state index contributed by atoms with van der Waals surface area (Å²) in [7, 11) is 1.89. The van der Waals surface area contributed by atoms with Gasteiger partial charge >= 0.3 is 0 Å². The van der Waals surface area contributed by atoms with E-state index < -0.39 is 0 Å². The monoisotopic (exact) mass is 274 g/mol. The molecule has 1 aromatic rings. The number of aryl methyl sites for hydroxylation is 2. The summed E-state index contributed by atoms with van der Waals surface area (Å²) >= 11 is 12.7. The number of aromatic nitrogens is 2. The molecule has 0 amide bonds. The number of alkyl halides is 1. The minimum atomic E-state index is 0.293. The van der Waals surface area contributed by atoms with Crippen LogP contribution in [0.5, 0.6) is 0 Å². The molecule has 4 heteroatoms. The van der Waals surface area contributed by atoms with E-state index in [9.17, 15) is 0 Å². The third-order valence-electron chi connectivity index (χ3n) is 3.89. The summed E-state index contributed by atoms with van der Waals surface area (Å²) < 4.78 is 1.75. The molecule has 0 saturated heterocycles. The number of hydrogen-bond acceptors (Lipinski definition) is 1. The zero-order valence-corrected chi connectivity index (χ0v) is 12.2. The van der Waals surface area contributed by atoms with Gasteiger partial charge < -0.3 is 0 Å². The van der Waals surface area contributed by atoms with Gasteiger partial charge in [-0.1, -0.05) is 18.5 Å². The molecule has 1 heterocycles. The lowest BCUT2D eigenvalue weighted by Crippen LogP contribution is -2.26. The van der Waals surface area contributed by atoms with Crippen molar-refractivity contribution in [3.05, 3.63) is 16.4 Å². The van der Waals surface area contributed by atoms with Gasteiger partial charge in [0.15, 0.2) is 0 Å². The highest BCUT2D eigenvalue weighted by Gasteiger charge is 2.29. The van der Waals surface area contributed by atoms with Crippen molar-refractivity contribution in [3.63, 3.8) is 0 Å². The molecular formula is C13H20Cl2N2. The topological polar surface area (TPSA) is 17.8 Å². The summed E-state index contributed by atoms with van der Waals surface area (Å²) in [5, 5.41) is 5.42. The molecular weight excluding hydrogens is 255 g/mol. The molecule has 1 aliphatic carbocycles. The maximum absolute atomic E-state index is 6.44. The highest BCUT2D eigenvalue weighted by molar-refractivity contribution is 6.30. The molecule has 0 N–H and O–H groups in total. The van der Waals surface area contributed by atoms with E-state index in [1.165, 1.54) is 18.4 Å². The van der Waals surface area contributed by atoms with Crippen LogP contribution in [0.1, 0.15) is 37.4 Å². The molecule has 1 aliphatic rings. The maximum atomic E-state index is 6.44. The van der Waals surface area contributed by atoms with Crippen molar-refractivity contribution in [1.29, 1.82) is 0 Å². The summed E-state index contributed by atoms with van der Waals surface area (Å²) in [6.07, 6.45) is 4.56. The molecule has 1 saturated carbocycles. The molecule has 0 radical (unpaired) electrons. The van der Waals surface area contributed by atoms with E-state index >= 15 is 0 Å². The molecule has 3 unspecified atom stereocenters. The second kappa shape index (κ2) is 5.19. The SMILES string of the molecule is Cc1nn(C)c(Cl)c1CC1CC(C)CCC1Cl. The predicted molar refractivity (Wildman–Crippen MR) is 72.8 cm³/mol. The van der Waals surface area contributed by atoms with E-state index in [2.05, 4.69) is 12.0 Å². The van der Waals surface area contributed by atoms with Gasteiger partial charge in [0, 0.05) is 18.0 Å². The fourth-order valence-electron chi connectivity index (χ4n) is 2.84. The van der Waals surface area contributed by atoms with Gasteiger partial charge in [-0.2, -0.15) is 5.10 Å². The number of halogens is 2. The summed E-state index contributed by atoms with van der Waals surface area (Å²) in [6, 6.07) is 0. The first-order valence-corrected chi connectivity index (χ1v) is 7.12. The van der Waals surface area contributed by atoms with E-state index in [1.54, 1.807) is 4.68 Å². The molecule has 0 spiro atoms. The summed E-state index contributed by atoms with van der Waals surface area (Å²) in [6.45, 7) is 4.34. The van der Waals surface area contributed by atoms with Crippen molar-refractivity contribution in [2.24, 2.45) is 18.9 Å². The van der Waals surface area contributed by atoms with Crippen molar-refractivity contribution >= 4 is 23.2 Å². The normalized spacial score (nSPS) is 29.6. The van der Waals surface area contributed by atoms with Crippen LogP contribution in [0.3, 0.4) is 0 Å². The Labute approximate surface area is 113 Å². The van der Waals surface area contributed by atoms with Crippen LogP contribution >= 0.6 is 23.2 Å². The van der Waals surface area contributed by atoms with Crippen LogP contribution in [-0.4, -0.2) is 15.2 Å². The van der Waals surface area contributed by atoms with E-state index in [0.717, 1.165) is 29.6 Å². The fourth-order valence-corrected chi connectivity index (χ4v) is 3.41. The van der Waals surface area contributed by atoms with Crippen molar-refractivity contribution in [1.82, 2.24) is 9.78 Å². The standard InChI is InChI=1S/C13H20Cl2N2/c1-8-4-5-12(14)10(6-8)7-11-9(2)16-17(3)13(11)15/h8,10,12H,4-7H2,1-3H3. The molecule has 0 bridgehead atoms. The van der Waals surface area contributed by atoms with Crippen LogP contribution in [0.2, 0.25) is 5.15 Å². The summed E-state index contributed by atoms with van der Waals surface area (Å²) in [5.41, 5.74) is 2.22. The smallest absolute Gasteiger partial charge is 0.130 e. The third-order valence-corrected chi connectivity index (χ3v) is 4.94. The second-order valence-corrected chi connectivity index (χ2v) is 6.30.